The highest BCUT2D eigenvalue weighted by molar-refractivity contribution is 7.92. The Morgan fingerprint density at radius 3 is 2.29 bits per heavy atom. The van der Waals surface area contributed by atoms with Crippen LogP contribution in [0.25, 0.3) is 0 Å². The molecule has 2 aromatic carbocycles. The van der Waals surface area contributed by atoms with Gasteiger partial charge in [-0.3, -0.25) is 4.72 Å². The summed E-state index contributed by atoms with van der Waals surface area (Å²) in [5, 5.41) is 5.09. The molecule has 0 bridgehead atoms. The molecule has 24 heavy (non-hydrogen) atoms. The van der Waals surface area contributed by atoms with Gasteiger partial charge in [0.05, 0.1) is 12.8 Å². The fourth-order valence-electron chi connectivity index (χ4n) is 1.87. The molecule has 0 aliphatic heterocycles. The molecule has 0 saturated heterocycles. The molecule has 0 aromatic heterocycles. The van der Waals surface area contributed by atoms with Crippen molar-refractivity contribution in [1.29, 1.82) is 0 Å². The lowest BCUT2D eigenvalue weighted by molar-refractivity contribution is 0.403. The summed E-state index contributed by atoms with van der Waals surface area (Å²) in [5.74, 6) is -1.10. The van der Waals surface area contributed by atoms with E-state index in [1.807, 2.05) is 0 Å². The number of ether oxygens (including phenoxy) is 1. The molecule has 3 N–H and O–H groups in total. The molecule has 11 heteroatoms. The van der Waals surface area contributed by atoms with Gasteiger partial charge in [-0.15, -0.1) is 0 Å². The average molecular weight is 395 g/mol. The lowest BCUT2D eigenvalue weighted by Crippen LogP contribution is -2.17. The van der Waals surface area contributed by atoms with Crippen molar-refractivity contribution in [1.82, 2.24) is 0 Å². The van der Waals surface area contributed by atoms with Crippen molar-refractivity contribution in [3.63, 3.8) is 0 Å². The standard InChI is InChI=1S/C13H12ClFN2O5S2/c1-22-11-4-3-9(7-13(11)23(16,18)19)17-24(20,21)12-5-2-8(14)6-10(12)15/h2-7,17H,1H3,(H2,16,18,19). The fraction of sp³-hybridized carbons (Fsp3) is 0.0769. The summed E-state index contributed by atoms with van der Waals surface area (Å²) < 4.78 is 68.3. The topological polar surface area (TPSA) is 116 Å². The Hall–Kier alpha value is -1.88. The van der Waals surface area contributed by atoms with Crippen LogP contribution in [0.1, 0.15) is 0 Å². The van der Waals surface area contributed by atoms with Crippen molar-refractivity contribution in [2.75, 3.05) is 11.8 Å². The quantitative estimate of drug-likeness (QED) is 0.803. The molecule has 0 aliphatic carbocycles. The van der Waals surface area contributed by atoms with Gasteiger partial charge in [-0.1, -0.05) is 11.6 Å². The molecule has 0 spiro atoms. The fourth-order valence-corrected chi connectivity index (χ4v) is 3.86. The van der Waals surface area contributed by atoms with E-state index >= 15 is 0 Å². The molecule has 2 rings (SSSR count). The van der Waals surface area contributed by atoms with E-state index in [0.29, 0.717) is 0 Å². The van der Waals surface area contributed by atoms with E-state index < -0.39 is 35.7 Å². The summed E-state index contributed by atoms with van der Waals surface area (Å²) in [6.45, 7) is 0. The van der Waals surface area contributed by atoms with Gasteiger partial charge < -0.3 is 4.74 Å². The molecule has 0 heterocycles. The Balaban J connectivity index is 2.47. The number of methoxy groups -OCH3 is 1. The van der Waals surface area contributed by atoms with Gasteiger partial charge in [0.1, 0.15) is 21.4 Å². The third-order valence-corrected chi connectivity index (χ3v) is 5.49. The summed E-state index contributed by atoms with van der Waals surface area (Å²) in [6, 6.07) is 6.49. The second-order valence-electron chi connectivity index (χ2n) is 4.59. The molecule has 0 saturated carbocycles. The second kappa shape index (κ2) is 6.55. The van der Waals surface area contributed by atoms with Gasteiger partial charge in [-0.05, 0) is 36.4 Å². The highest BCUT2D eigenvalue weighted by atomic mass is 35.5. The van der Waals surface area contributed by atoms with Crippen LogP contribution < -0.4 is 14.6 Å². The number of primary sulfonamides is 1. The third-order valence-electron chi connectivity index (χ3n) is 2.91. The number of sulfonamides is 2. The first-order valence-corrected chi connectivity index (χ1v) is 9.64. The second-order valence-corrected chi connectivity index (χ2v) is 8.21. The Morgan fingerprint density at radius 1 is 1.08 bits per heavy atom. The molecule has 0 radical (unpaired) electrons. The van der Waals surface area contributed by atoms with E-state index in [0.717, 1.165) is 18.2 Å². The number of hydrogen-bond acceptors (Lipinski definition) is 5. The highest BCUT2D eigenvalue weighted by Gasteiger charge is 2.21. The average Bonchev–Trinajstić information content (AvgIpc) is 2.45. The van der Waals surface area contributed by atoms with E-state index in [-0.39, 0.29) is 16.5 Å². The van der Waals surface area contributed by atoms with Crippen LogP contribution in [-0.4, -0.2) is 23.9 Å². The molecule has 130 valence electrons. The predicted molar refractivity (Wildman–Crippen MR) is 86.6 cm³/mol. The molecular formula is C13H12ClFN2O5S2. The molecule has 2 aromatic rings. The van der Waals surface area contributed by atoms with Gasteiger partial charge in [-0.2, -0.15) is 0 Å². The highest BCUT2D eigenvalue weighted by Crippen LogP contribution is 2.28. The lowest BCUT2D eigenvalue weighted by atomic mass is 10.3. The van der Waals surface area contributed by atoms with E-state index in [4.69, 9.17) is 21.5 Å². The molecule has 0 atom stereocenters. The van der Waals surface area contributed by atoms with Gasteiger partial charge >= 0.3 is 0 Å². The zero-order valence-corrected chi connectivity index (χ0v) is 14.5. The largest absolute Gasteiger partial charge is 0.495 e. The van der Waals surface area contributed by atoms with Gasteiger partial charge in [0, 0.05) is 5.02 Å². The molecule has 7 nitrogen and oxygen atoms in total. The van der Waals surface area contributed by atoms with Crippen LogP contribution >= 0.6 is 11.6 Å². The normalized spacial score (nSPS) is 12.0. The van der Waals surface area contributed by atoms with Crippen molar-refractivity contribution in [3.05, 3.63) is 47.2 Å². The minimum atomic E-state index is -4.30. The van der Waals surface area contributed by atoms with Crippen molar-refractivity contribution >= 4 is 37.3 Å². The van der Waals surface area contributed by atoms with Gasteiger partial charge in [-0.25, -0.2) is 26.4 Å². The summed E-state index contributed by atoms with van der Waals surface area (Å²) in [7, 11) is -7.22. The molecule has 0 aliphatic rings. The Bertz CT molecular complexity index is 993. The Labute approximate surface area is 143 Å². The van der Waals surface area contributed by atoms with Gasteiger partial charge in [0.25, 0.3) is 10.0 Å². The minimum Gasteiger partial charge on any atom is -0.495 e. The van der Waals surface area contributed by atoms with Crippen LogP contribution in [0, 0.1) is 5.82 Å². The molecule has 0 unspecified atom stereocenters. The van der Waals surface area contributed by atoms with Crippen LogP contribution in [0.2, 0.25) is 5.02 Å². The van der Waals surface area contributed by atoms with E-state index in [2.05, 4.69) is 4.72 Å². The summed E-state index contributed by atoms with van der Waals surface area (Å²) in [5.41, 5.74) is -0.130. The van der Waals surface area contributed by atoms with Crippen LogP contribution in [-0.2, 0) is 20.0 Å². The smallest absolute Gasteiger partial charge is 0.264 e. The first-order chi connectivity index (χ1) is 11.0. The van der Waals surface area contributed by atoms with Crippen LogP contribution in [0.4, 0.5) is 10.1 Å². The van der Waals surface area contributed by atoms with E-state index in [9.17, 15) is 21.2 Å². The van der Waals surface area contributed by atoms with Crippen molar-refractivity contribution in [3.8, 4) is 5.75 Å². The summed E-state index contributed by atoms with van der Waals surface area (Å²) in [6.07, 6.45) is 0. The predicted octanol–water partition coefficient (Wildman–Crippen LogP) is 1.94. The minimum absolute atomic E-state index is 0.0346. The SMILES string of the molecule is COc1ccc(NS(=O)(=O)c2ccc(Cl)cc2F)cc1S(N)(=O)=O. The number of nitrogens with two attached hydrogens (primary N) is 1. The van der Waals surface area contributed by atoms with E-state index in [1.165, 1.54) is 25.3 Å². The number of rotatable bonds is 5. The van der Waals surface area contributed by atoms with Crippen molar-refractivity contribution < 1.29 is 26.0 Å². The summed E-state index contributed by atoms with van der Waals surface area (Å²) >= 11 is 5.58. The van der Waals surface area contributed by atoms with Crippen molar-refractivity contribution in [2.24, 2.45) is 5.14 Å². The van der Waals surface area contributed by atoms with Crippen LogP contribution in [0.15, 0.2) is 46.2 Å². The molecular weight excluding hydrogens is 383 g/mol. The van der Waals surface area contributed by atoms with Gasteiger partial charge in [0.2, 0.25) is 10.0 Å². The number of anilines is 1. The maximum atomic E-state index is 13.8. The maximum absolute atomic E-state index is 13.8. The summed E-state index contributed by atoms with van der Waals surface area (Å²) in [4.78, 5) is -1.05. The molecule has 0 amide bonds. The number of halogens is 2. The monoisotopic (exact) mass is 394 g/mol. The zero-order chi connectivity index (χ0) is 18.1. The molecule has 0 fully saturated rings. The van der Waals surface area contributed by atoms with Gasteiger partial charge in [0.15, 0.2) is 0 Å². The number of hydrogen-bond donors (Lipinski definition) is 2. The lowest BCUT2D eigenvalue weighted by Gasteiger charge is -2.12. The first kappa shape index (κ1) is 18.5. The van der Waals surface area contributed by atoms with E-state index in [1.54, 1.807) is 0 Å². The zero-order valence-electron chi connectivity index (χ0n) is 12.2. The maximum Gasteiger partial charge on any atom is 0.264 e. The number of nitrogens with one attached hydrogen (secondary N) is 1. The van der Waals surface area contributed by atoms with Crippen molar-refractivity contribution in [2.45, 2.75) is 9.79 Å². The number of benzene rings is 2. The third kappa shape index (κ3) is 3.96. The van der Waals surface area contributed by atoms with Crippen LogP contribution in [0.5, 0.6) is 5.75 Å². The Kier molecular flexibility index (Phi) is 5.04. The Morgan fingerprint density at radius 2 is 1.75 bits per heavy atom. The van der Waals surface area contributed by atoms with Crippen LogP contribution in [0.3, 0.4) is 0 Å². The first-order valence-electron chi connectivity index (χ1n) is 6.23.